The second-order valence-corrected chi connectivity index (χ2v) is 3.56. The maximum Gasteiger partial charge on any atom is 0.314 e. The number of hydrogen-bond donors (Lipinski definition) is 0. The quantitative estimate of drug-likeness (QED) is 0.785. The van der Waals surface area contributed by atoms with E-state index < -0.39 is 12.3 Å². The molecule has 0 N–H and O–H groups in total. The van der Waals surface area contributed by atoms with Gasteiger partial charge in [-0.15, -0.1) is 10.2 Å². The summed E-state index contributed by atoms with van der Waals surface area (Å²) in [5.74, 6) is -0.511. The third kappa shape index (κ3) is 1.93. The fraction of sp³-hybridized carbons (Fsp3) is 0.273. The van der Waals surface area contributed by atoms with Gasteiger partial charge in [0.05, 0.1) is 0 Å². The zero-order valence-corrected chi connectivity index (χ0v) is 8.87. The van der Waals surface area contributed by atoms with E-state index in [-0.39, 0.29) is 5.89 Å². The smallest absolute Gasteiger partial charge is 0.314 e. The molecule has 0 spiro atoms. The van der Waals surface area contributed by atoms with E-state index in [1.165, 1.54) is 0 Å². The number of hydrogen-bond acceptors (Lipinski definition) is 3. The van der Waals surface area contributed by atoms with Crippen molar-refractivity contribution >= 4 is 0 Å². The molecule has 0 aliphatic heterocycles. The molecule has 5 heteroatoms. The molecule has 0 atom stereocenters. The van der Waals surface area contributed by atoms with Gasteiger partial charge >= 0.3 is 6.43 Å². The summed E-state index contributed by atoms with van der Waals surface area (Å²) >= 11 is 0. The minimum atomic E-state index is -2.73. The van der Waals surface area contributed by atoms with E-state index in [1.54, 1.807) is 6.07 Å². The first-order valence-corrected chi connectivity index (χ1v) is 4.77. The molecule has 2 rings (SSSR count). The Morgan fingerprint density at radius 2 is 1.94 bits per heavy atom. The van der Waals surface area contributed by atoms with Gasteiger partial charge in [0.25, 0.3) is 5.89 Å². The van der Waals surface area contributed by atoms with Crippen LogP contribution in [0.3, 0.4) is 0 Å². The van der Waals surface area contributed by atoms with Gasteiger partial charge in [0.1, 0.15) is 0 Å². The summed E-state index contributed by atoms with van der Waals surface area (Å²) in [5, 5.41) is 6.89. The van der Waals surface area contributed by atoms with Gasteiger partial charge in [-0.2, -0.15) is 8.78 Å². The Labute approximate surface area is 91.1 Å². The average Bonchev–Trinajstić information content (AvgIpc) is 2.66. The Balaban J connectivity index is 2.42. The first kappa shape index (κ1) is 10.7. The number of halogens is 2. The number of alkyl halides is 2. The Kier molecular flexibility index (Phi) is 2.68. The third-order valence-corrected chi connectivity index (χ3v) is 2.24. The molecule has 0 fully saturated rings. The molecule has 0 saturated heterocycles. The van der Waals surface area contributed by atoms with Crippen molar-refractivity contribution in [1.29, 1.82) is 0 Å². The summed E-state index contributed by atoms with van der Waals surface area (Å²) in [5.41, 5.74) is 2.70. The molecule has 0 amide bonds. The Morgan fingerprint density at radius 3 is 2.50 bits per heavy atom. The van der Waals surface area contributed by atoms with Crippen molar-refractivity contribution in [2.45, 2.75) is 20.3 Å². The van der Waals surface area contributed by atoms with E-state index in [4.69, 9.17) is 4.42 Å². The highest BCUT2D eigenvalue weighted by molar-refractivity contribution is 5.58. The molecule has 3 nitrogen and oxygen atoms in total. The van der Waals surface area contributed by atoms with Crippen molar-refractivity contribution in [2.24, 2.45) is 0 Å². The lowest BCUT2D eigenvalue weighted by Crippen LogP contribution is -1.84. The molecule has 1 aromatic carbocycles. The van der Waals surface area contributed by atoms with E-state index in [2.05, 4.69) is 10.2 Å². The molecule has 0 saturated carbocycles. The highest BCUT2D eigenvalue weighted by Crippen LogP contribution is 2.25. The fourth-order valence-corrected chi connectivity index (χ4v) is 1.49. The molecule has 0 radical (unpaired) electrons. The first-order valence-electron chi connectivity index (χ1n) is 4.77. The SMILES string of the molecule is Cc1ccc(-c2nnc(C(F)F)o2)c(C)c1. The molecule has 84 valence electrons. The van der Waals surface area contributed by atoms with Crippen LogP contribution >= 0.6 is 0 Å². The van der Waals surface area contributed by atoms with E-state index in [0.717, 1.165) is 11.1 Å². The van der Waals surface area contributed by atoms with Gasteiger partial charge in [-0.1, -0.05) is 17.7 Å². The molecule has 1 heterocycles. The van der Waals surface area contributed by atoms with Crippen LogP contribution in [-0.4, -0.2) is 10.2 Å². The number of aryl methyl sites for hydroxylation is 2. The summed E-state index contributed by atoms with van der Waals surface area (Å²) < 4.78 is 29.4. The molecular formula is C11H10F2N2O. The monoisotopic (exact) mass is 224 g/mol. The normalized spacial score (nSPS) is 11.1. The van der Waals surface area contributed by atoms with E-state index in [9.17, 15) is 8.78 Å². The van der Waals surface area contributed by atoms with Crippen molar-refractivity contribution in [3.63, 3.8) is 0 Å². The molecule has 0 aliphatic rings. The standard InChI is InChI=1S/C11H10F2N2O/c1-6-3-4-8(7(2)5-6)10-14-15-11(16-10)9(12)13/h3-5,9H,1-2H3. The lowest BCUT2D eigenvalue weighted by Gasteiger charge is -2.01. The Hall–Kier alpha value is -1.78. The second-order valence-electron chi connectivity index (χ2n) is 3.56. The van der Waals surface area contributed by atoms with Crippen LogP contribution in [0, 0.1) is 13.8 Å². The van der Waals surface area contributed by atoms with Gasteiger partial charge in [-0.05, 0) is 25.5 Å². The van der Waals surface area contributed by atoms with Crippen molar-refractivity contribution in [1.82, 2.24) is 10.2 Å². The van der Waals surface area contributed by atoms with Gasteiger partial charge in [0.2, 0.25) is 5.89 Å². The molecule has 0 aliphatic carbocycles. The van der Waals surface area contributed by atoms with E-state index >= 15 is 0 Å². The van der Waals surface area contributed by atoms with Crippen molar-refractivity contribution < 1.29 is 13.2 Å². The van der Waals surface area contributed by atoms with E-state index in [1.807, 2.05) is 26.0 Å². The van der Waals surface area contributed by atoms with Crippen LogP contribution in [0.5, 0.6) is 0 Å². The number of aromatic nitrogens is 2. The maximum absolute atomic E-state index is 12.3. The highest BCUT2D eigenvalue weighted by Gasteiger charge is 2.17. The van der Waals surface area contributed by atoms with Crippen LogP contribution in [0.2, 0.25) is 0 Å². The second kappa shape index (κ2) is 4.00. The fourth-order valence-electron chi connectivity index (χ4n) is 1.49. The van der Waals surface area contributed by atoms with Gasteiger partial charge in [-0.25, -0.2) is 0 Å². The molecule has 0 unspecified atom stereocenters. The van der Waals surface area contributed by atoms with Gasteiger partial charge in [0, 0.05) is 5.56 Å². The first-order chi connectivity index (χ1) is 7.58. The molecular weight excluding hydrogens is 214 g/mol. The Bertz CT molecular complexity index is 508. The molecule has 0 bridgehead atoms. The Morgan fingerprint density at radius 1 is 1.19 bits per heavy atom. The zero-order valence-electron chi connectivity index (χ0n) is 8.87. The van der Waals surface area contributed by atoms with Gasteiger partial charge < -0.3 is 4.42 Å². The largest absolute Gasteiger partial charge is 0.415 e. The van der Waals surface area contributed by atoms with Gasteiger partial charge in [-0.3, -0.25) is 0 Å². The van der Waals surface area contributed by atoms with Crippen LogP contribution in [-0.2, 0) is 0 Å². The molecule has 2 aromatic rings. The predicted molar refractivity (Wildman–Crippen MR) is 54.2 cm³/mol. The number of benzene rings is 1. The van der Waals surface area contributed by atoms with Crippen LogP contribution in [0.1, 0.15) is 23.4 Å². The van der Waals surface area contributed by atoms with Crippen molar-refractivity contribution in [3.8, 4) is 11.5 Å². The minimum absolute atomic E-state index is 0.132. The average molecular weight is 224 g/mol. The number of nitrogens with zero attached hydrogens (tertiary/aromatic N) is 2. The lowest BCUT2D eigenvalue weighted by molar-refractivity contribution is 0.116. The summed E-state index contributed by atoms with van der Waals surface area (Å²) in [4.78, 5) is 0. The lowest BCUT2D eigenvalue weighted by atomic mass is 10.1. The summed E-state index contributed by atoms with van der Waals surface area (Å²) in [6.45, 7) is 3.82. The topological polar surface area (TPSA) is 38.9 Å². The summed E-state index contributed by atoms with van der Waals surface area (Å²) in [7, 11) is 0. The van der Waals surface area contributed by atoms with E-state index in [0.29, 0.717) is 5.56 Å². The summed E-state index contributed by atoms with van der Waals surface area (Å²) in [6.07, 6.45) is -2.73. The maximum atomic E-state index is 12.3. The third-order valence-electron chi connectivity index (χ3n) is 2.24. The predicted octanol–water partition coefficient (Wildman–Crippen LogP) is 3.29. The van der Waals surface area contributed by atoms with Crippen LogP contribution in [0.4, 0.5) is 8.78 Å². The van der Waals surface area contributed by atoms with Crippen LogP contribution in [0.15, 0.2) is 22.6 Å². The minimum Gasteiger partial charge on any atom is -0.415 e. The zero-order chi connectivity index (χ0) is 11.7. The molecule has 16 heavy (non-hydrogen) atoms. The molecule has 1 aromatic heterocycles. The van der Waals surface area contributed by atoms with Crippen molar-refractivity contribution in [2.75, 3.05) is 0 Å². The summed E-state index contributed by atoms with van der Waals surface area (Å²) in [6, 6.07) is 5.59. The van der Waals surface area contributed by atoms with Crippen LogP contribution in [0.25, 0.3) is 11.5 Å². The highest BCUT2D eigenvalue weighted by atomic mass is 19.3. The number of rotatable bonds is 2. The van der Waals surface area contributed by atoms with Gasteiger partial charge in [0.15, 0.2) is 0 Å². The van der Waals surface area contributed by atoms with Crippen molar-refractivity contribution in [3.05, 3.63) is 35.2 Å². The van der Waals surface area contributed by atoms with Crippen LogP contribution < -0.4 is 0 Å².